The van der Waals surface area contributed by atoms with Crippen molar-refractivity contribution >= 4 is 21.8 Å². The third-order valence-corrected chi connectivity index (χ3v) is 11.7. The van der Waals surface area contributed by atoms with Crippen molar-refractivity contribution in [2.24, 2.45) is 0 Å². The van der Waals surface area contributed by atoms with Crippen molar-refractivity contribution in [1.82, 2.24) is 24.5 Å². The van der Waals surface area contributed by atoms with Crippen LogP contribution in [0.4, 0.5) is 0 Å². The van der Waals surface area contributed by atoms with Crippen LogP contribution in [0.25, 0.3) is 106 Å². The minimum atomic E-state index is 0.451. The highest BCUT2D eigenvalue weighted by Crippen LogP contribution is 2.43. The summed E-state index contributed by atoms with van der Waals surface area (Å²) >= 11 is 0. The fraction of sp³-hybridized carbons (Fsp3) is 0.0172. The Morgan fingerprint density at radius 3 is 1.47 bits per heavy atom. The number of aryl methyl sites for hydroxylation is 1. The molecule has 0 saturated heterocycles. The molecule has 0 atom stereocenters. The normalized spacial score (nSPS) is 11.2. The SMILES string of the molecule is Cc1cccc(-c2ccc3c(c2)c2ccccc2n3-c2c(-c3cc(-c4ccccc4)nc(-c4ccccc4)n3)cc(C#N)cc2-c2nc(-c3ccccc3)cc(-c3ccccc3)n2)c1. The second-order valence-corrected chi connectivity index (χ2v) is 15.9. The van der Waals surface area contributed by atoms with Gasteiger partial charge < -0.3 is 4.57 Å². The summed E-state index contributed by atoms with van der Waals surface area (Å²) in [5.74, 6) is 1.06. The van der Waals surface area contributed by atoms with Gasteiger partial charge in [-0.25, -0.2) is 19.9 Å². The van der Waals surface area contributed by atoms with Crippen molar-refractivity contribution in [3.63, 3.8) is 0 Å². The van der Waals surface area contributed by atoms with Gasteiger partial charge in [-0.05, 0) is 60.5 Å². The summed E-state index contributed by atoms with van der Waals surface area (Å²) in [6.45, 7) is 2.12. The molecule has 0 unspecified atom stereocenters. The van der Waals surface area contributed by atoms with E-state index in [1.165, 1.54) is 5.56 Å². The molecule has 3 heterocycles. The molecule has 11 aromatic rings. The first kappa shape index (κ1) is 38.2. The van der Waals surface area contributed by atoms with Gasteiger partial charge in [0.1, 0.15) is 0 Å². The van der Waals surface area contributed by atoms with Crippen LogP contribution in [0.3, 0.4) is 0 Å². The lowest BCUT2D eigenvalue weighted by Crippen LogP contribution is -2.06. The highest BCUT2D eigenvalue weighted by molar-refractivity contribution is 6.11. The third-order valence-electron chi connectivity index (χ3n) is 11.7. The minimum Gasteiger partial charge on any atom is -0.308 e. The molecule has 0 N–H and O–H groups in total. The molecule has 0 aliphatic heterocycles. The number of nitriles is 1. The molecule has 0 spiro atoms. The van der Waals surface area contributed by atoms with Crippen molar-refractivity contribution in [3.8, 4) is 90.7 Å². The van der Waals surface area contributed by atoms with Crippen LogP contribution in [-0.4, -0.2) is 24.5 Å². The van der Waals surface area contributed by atoms with Crippen LogP contribution in [0.15, 0.2) is 212 Å². The van der Waals surface area contributed by atoms with Gasteiger partial charge in [0, 0.05) is 44.2 Å². The Morgan fingerprint density at radius 1 is 0.375 bits per heavy atom. The van der Waals surface area contributed by atoms with Crippen molar-refractivity contribution in [3.05, 3.63) is 223 Å². The zero-order valence-corrected chi connectivity index (χ0v) is 34.9. The number of benzene rings is 8. The molecule has 6 nitrogen and oxygen atoms in total. The van der Waals surface area contributed by atoms with E-state index < -0.39 is 0 Å². The van der Waals surface area contributed by atoms with Crippen LogP contribution in [-0.2, 0) is 0 Å². The standard InChI is InChI=1S/C58H38N6/c1-38-17-16-26-44(31-38)45-29-30-55-47(34-45)46-27-14-15-28-54(46)64(55)56-48(53-36-52(42-22-10-4-11-23-42)60-57(63-53)43-24-12-5-13-25-43)32-39(37-59)33-49(56)58-61-50(40-18-6-2-7-19-40)35-51(62-58)41-20-8-3-9-21-41/h2-36H,1H3. The molecule has 11 rings (SSSR count). The Labute approximate surface area is 371 Å². The van der Waals surface area contributed by atoms with Crippen molar-refractivity contribution < 1.29 is 0 Å². The molecule has 0 radical (unpaired) electrons. The fourth-order valence-electron chi connectivity index (χ4n) is 8.66. The maximum absolute atomic E-state index is 10.9. The van der Waals surface area contributed by atoms with Crippen LogP contribution >= 0.6 is 0 Å². The molecule has 0 aliphatic rings. The highest BCUT2D eigenvalue weighted by atomic mass is 15.0. The van der Waals surface area contributed by atoms with Gasteiger partial charge in [-0.2, -0.15) is 5.26 Å². The Bertz CT molecular complexity index is 3290. The topological polar surface area (TPSA) is 80.3 Å². The minimum absolute atomic E-state index is 0.451. The second kappa shape index (κ2) is 16.2. The zero-order chi connectivity index (χ0) is 43.0. The Balaban J connectivity index is 1.28. The molecule has 0 aliphatic carbocycles. The molecule has 0 fully saturated rings. The van der Waals surface area contributed by atoms with E-state index >= 15 is 0 Å². The average Bonchev–Trinajstić information content (AvgIpc) is 3.70. The Kier molecular flexibility index (Phi) is 9.68. The predicted molar refractivity (Wildman–Crippen MR) is 259 cm³/mol. The lowest BCUT2D eigenvalue weighted by atomic mass is 9.97. The second-order valence-electron chi connectivity index (χ2n) is 15.9. The van der Waals surface area contributed by atoms with Crippen LogP contribution in [0.1, 0.15) is 11.1 Å². The third kappa shape index (κ3) is 7.07. The van der Waals surface area contributed by atoms with Gasteiger partial charge >= 0.3 is 0 Å². The largest absolute Gasteiger partial charge is 0.308 e. The van der Waals surface area contributed by atoms with Gasteiger partial charge in [0.2, 0.25) is 0 Å². The number of rotatable bonds is 8. The molecular weight excluding hydrogens is 781 g/mol. The number of nitrogens with zero attached hydrogens (tertiary/aromatic N) is 6. The maximum atomic E-state index is 10.9. The molecule has 6 heteroatoms. The Morgan fingerprint density at radius 2 is 0.859 bits per heavy atom. The van der Waals surface area contributed by atoms with E-state index in [0.717, 1.165) is 83.5 Å². The van der Waals surface area contributed by atoms with Crippen molar-refractivity contribution in [1.29, 1.82) is 5.26 Å². The van der Waals surface area contributed by atoms with Crippen LogP contribution in [0, 0.1) is 18.3 Å². The number of hydrogen-bond donors (Lipinski definition) is 0. The predicted octanol–water partition coefficient (Wildman–Crippen LogP) is 14.2. The van der Waals surface area contributed by atoms with E-state index in [-0.39, 0.29) is 0 Å². The summed E-state index contributed by atoms with van der Waals surface area (Å²) in [6, 6.07) is 74.8. The van der Waals surface area contributed by atoms with Crippen molar-refractivity contribution in [2.75, 3.05) is 0 Å². The summed E-state index contributed by atoms with van der Waals surface area (Å²) in [6.07, 6.45) is 0. The van der Waals surface area contributed by atoms with E-state index in [1.54, 1.807) is 0 Å². The maximum Gasteiger partial charge on any atom is 0.162 e. The number of fused-ring (bicyclic) bond motifs is 3. The zero-order valence-electron chi connectivity index (χ0n) is 34.9. The van der Waals surface area contributed by atoms with E-state index in [1.807, 2.05) is 109 Å². The first-order chi connectivity index (χ1) is 31.6. The summed E-state index contributed by atoms with van der Waals surface area (Å²) in [5, 5.41) is 13.1. The lowest BCUT2D eigenvalue weighted by molar-refractivity contribution is 1.13. The summed E-state index contributed by atoms with van der Waals surface area (Å²) < 4.78 is 2.31. The fourth-order valence-corrected chi connectivity index (χ4v) is 8.66. The van der Waals surface area contributed by atoms with E-state index in [9.17, 15) is 5.26 Å². The van der Waals surface area contributed by atoms with E-state index in [4.69, 9.17) is 19.9 Å². The van der Waals surface area contributed by atoms with E-state index in [0.29, 0.717) is 28.5 Å². The summed E-state index contributed by atoms with van der Waals surface area (Å²) in [4.78, 5) is 21.2. The van der Waals surface area contributed by atoms with Gasteiger partial charge in [-0.1, -0.05) is 175 Å². The van der Waals surface area contributed by atoms with Gasteiger partial charge in [-0.15, -0.1) is 0 Å². The highest BCUT2D eigenvalue weighted by Gasteiger charge is 2.25. The number of para-hydroxylation sites is 1. The smallest absolute Gasteiger partial charge is 0.162 e. The van der Waals surface area contributed by atoms with Crippen LogP contribution in [0.2, 0.25) is 0 Å². The van der Waals surface area contributed by atoms with Gasteiger partial charge in [0.05, 0.1) is 51.1 Å². The quantitative estimate of drug-likeness (QED) is 0.153. The van der Waals surface area contributed by atoms with Crippen molar-refractivity contribution in [2.45, 2.75) is 6.92 Å². The lowest BCUT2D eigenvalue weighted by Gasteiger charge is -2.20. The van der Waals surface area contributed by atoms with E-state index in [2.05, 4.69) is 121 Å². The molecule has 3 aromatic heterocycles. The molecule has 64 heavy (non-hydrogen) atoms. The monoisotopic (exact) mass is 818 g/mol. The van der Waals surface area contributed by atoms with Gasteiger partial charge in [0.25, 0.3) is 0 Å². The molecule has 8 aromatic carbocycles. The average molecular weight is 819 g/mol. The first-order valence-corrected chi connectivity index (χ1v) is 21.3. The van der Waals surface area contributed by atoms with Crippen LogP contribution < -0.4 is 0 Å². The summed E-state index contributed by atoms with van der Waals surface area (Å²) in [7, 11) is 0. The van der Waals surface area contributed by atoms with Gasteiger partial charge in [-0.3, -0.25) is 0 Å². The molecule has 0 amide bonds. The Hall–Kier alpha value is -8.79. The summed E-state index contributed by atoms with van der Waals surface area (Å²) in [5.41, 5.74) is 14.9. The molecule has 0 saturated carbocycles. The number of hydrogen-bond acceptors (Lipinski definition) is 5. The van der Waals surface area contributed by atoms with Gasteiger partial charge in [0.15, 0.2) is 11.6 Å². The molecular formula is C58H38N6. The molecule has 300 valence electrons. The molecule has 0 bridgehead atoms. The number of aromatic nitrogens is 5. The first-order valence-electron chi connectivity index (χ1n) is 21.3. The van der Waals surface area contributed by atoms with Crippen LogP contribution in [0.5, 0.6) is 0 Å².